The average Bonchev–Trinajstić information content (AvgIpc) is 2.79. The molecule has 0 spiro atoms. The summed E-state index contributed by atoms with van der Waals surface area (Å²) in [6.07, 6.45) is 1.34. The lowest BCUT2D eigenvalue weighted by molar-refractivity contribution is -0.116. The number of anilines is 2. The highest BCUT2D eigenvalue weighted by Crippen LogP contribution is 2.18. The monoisotopic (exact) mass is 412 g/mol. The molecule has 0 fully saturated rings. The highest BCUT2D eigenvalue weighted by Gasteiger charge is 2.16. The van der Waals surface area contributed by atoms with Crippen molar-refractivity contribution in [2.75, 3.05) is 10.2 Å². The van der Waals surface area contributed by atoms with Crippen LogP contribution in [0.1, 0.15) is 29.8 Å². The molecule has 0 aromatic heterocycles. The second-order valence-electron chi connectivity index (χ2n) is 7.16. The average molecular weight is 412 g/mol. The third-order valence-electron chi connectivity index (χ3n) is 4.76. The minimum Gasteiger partial charge on any atom is -0.322 e. The Kier molecular flexibility index (Phi) is 7.12. The lowest BCUT2D eigenvalue weighted by Crippen LogP contribution is -2.29. The predicted octanol–water partition coefficient (Wildman–Crippen LogP) is 5.01. The first-order chi connectivity index (χ1) is 14.9. The van der Waals surface area contributed by atoms with Gasteiger partial charge in [-0.05, 0) is 55.8 Å². The van der Waals surface area contributed by atoms with Gasteiger partial charge in [0, 0.05) is 28.6 Å². The molecule has 1 N–H and O–H groups in total. The number of amides is 2. The number of nitrogens with one attached hydrogen (secondary N) is 1. The zero-order chi connectivity index (χ0) is 22.2. The van der Waals surface area contributed by atoms with Crippen molar-refractivity contribution in [2.24, 2.45) is 0 Å². The molecule has 0 saturated heterocycles. The molecule has 0 aliphatic carbocycles. The van der Waals surface area contributed by atoms with E-state index in [0.717, 1.165) is 11.3 Å². The molecule has 0 atom stereocenters. The zero-order valence-electron chi connectivity index (χ0n) is 17.5. The molecule has 0 unspecified atom stereocenters. The summed E-state index contributed by atoms with van der Waals surface area (Å²) in [5, 5.41) is 2.75. The first kappa shape index (κ1) is 21.7. The van der Waals surface area contributed by atoms with Crippen LogP contribution in [0.2, 0.25) is 0 Å². The number of para-hydroxylation sites is 1. The van der Waals surface area contributed by atoms with E-state index in [4.69, 9.17) is 0 Å². The van der Waals surface area contributed by atoms with Gasteiger partial charge in [-0.2, -0.15) is 0 Å². The van der Waals surface area contributed by atoms with Gasteiger partial charge in [0.05, 0.1) is 6.54 Å². The second-order valence-corrected chi connectivity index (χ2v) is 7.16. The SMILES string of the molecule is CC(=O)c1ccc(NC(=O)/C(C)=C\C(=O)N(Cc2ccccc2)c2ccccc2)cc1. The molecule has 0 bridgehead atoms. The summed E-state index contributed by atoms with van der Waals surface area (Å²) < 4.78 is 0. The fourth-order valence-corrected chi connectivity index (χ4v) is 3.02. The number of Topliss-reactive ketones (excluding diaryl/α,β-unsaturated/α-hetero) is 1. The lowest BCUT2D eigenvalue weighted by Gasteiger charge is -2.22. The standard InChI is InChI=1S/C26H24N2O3/c1-19(26(31)27-23-15-13-22(14-16-23)20(2)29)17-25(30)28(24-11-7-4-8-12-24)18-21-9-5-3-6-10-21/h3-17H,18H2,1-2H3,(H,27,31)/b19-17-. The number of carbonyl (C=O) groups is 3. The summed E-state index contributed by atoms with van der Waals surface area (Å²) in [6, 6.07) is 25.7. The van der Waals surface area contributed by atoms with E-state index < -0.39 is 0 Å². The maximum absolute atomic E-state index is 13.1. The molecule has 156 valence electrons. The van der Waals surface area contributed by atoms with Gasteiger partial charge in [0.15, 0.2) is 5.78 Å². The topological polar surface area (TPSA) is 66.5 Å². The smallest absolute Gasteiger partial charge is 0.251 e. The maximum Gasteiger partial charge on any atom is 0.251 e. The summed E-state index contributed by atoms with van der Waals surface area (Å²) in [5.41, 5.74) is 3.15. The van der Waals surface area contributed by atoms with Crippen LogP contribution in [0, 0.1) is 0 Å². The first-order valence-corrected chi connectivity index (χ1v) is 9.95. The van der Waals surface area contributed by atoms with E-state index in [2.05, 4.69) is 5.32 Å². The van der Waals surface area contributed by atoms with Gasteiger partial charge in [0.25, 0.3) is 11.8 Å². The van der Waals surface area contributed by atoms with Gasteiger partial charge in [0.1, 0.15) is 0 Å². The third-order valence-corrected chi connectivity index (χ3v) is 4.76. The summed E-state index contributed by atoms with van der Waals surface area (Å²) in [6.45, 7) is 3.48. The van der Waals surface area contributed by atoms with Gasteiger partial charge >= 0.3 is 0 Å². The van der Waals surface area contributed by atoms with Crippen LogP contribution in [0.3, 0.4) is 0 Å². The van der Waals surface area contributed by atoms with Crippen LogP contribution in [0.4, 0.5) is 11.4 Å². The molecule has 0 aliphatic heterocycles. The van der Waals surface area contributed by atoms with Crippen LogP contribution in [-0.2, 0) is 16.1 Å². The van der Waals surface area contributed by atoms with Crippen LogP contribution in [0.25, 0.3) is 0 Å². The first-order valence-electron chi connectivity index (χ1n) is 9.95. The van der Waals surface area contributed by atoms with Crippen LogP contribution in [0.15, 0.2) is 96.6 Å². The number of hydrogen-bond acceptors (Lipinski definition) is 3. The Balaban J connectivity index is 1.76. The van der Waals surface area contributed by atoms with Gasteiger partial charge in [-0.1, -0.05) is 48.5 Å². The highest BCUT2D eigenvalue weighted by atomic mass is 16.2. The largest absolute Gasteiger partial charge is 0.322 e. The number of nitrogens with zero attached hydrogens (tertiary/aromatic N) is 1. The molecule has 0 radical (unpaired) electrons. The summed E-state index contributed by atoms with van der Waals surface area (Å²) in [5.74, 6) is -0.703. The van der Waals surface area contributed by atoms with Gasteiger partial charge in [-0.3, -0.25) is 14.4 Å². The van der Waals surface area contributed by atoms with Crippen molar-refractivity contribution in [3.63, 3.8) is 0 Å². The van der Waals surface area contributed by atoms with Gasteiger partial charge in [-0.25, -0.2) is 0 Å². The summed E-state index contributed by atoms with van der Waals surface area (Å²) >= 11 is 0. The Hall–Kier alpha value is -3.99. The number of benzene rings is 3. The number of carbonyl (C=O) groups excluding carboxylic acids is 3. The number of rotatable bonds is 7. The van der Waals surface area contributed by atoms with Crippen molar-refractivity contribution >= 4 is 29.0 Å². The molecule has 3 aromatic carbocycles. The molecule has 2 amide bonds. The van der Waals surface area contributed by atoms with Gasteiger partial charge in [0.2, 0.25) is 0 Å². The lowest BCUT2D eigenvalue weighted by atomic mass is 10.1. The highest BCUT2D eigenvalue weighted by molar-refractivity contribution is 6.10. The molecule has 0 heterocycles. The minimum atomic E-state index is -0.378. The molecule has 5 heteroatoms. The molecule has 0 saturated carbocycles. The van der Waals surface area contributed by atoms with Crippen molar-refractivity contribution in [1.82, 2.24) is 0 Å². The van der Waals surface area contributed by atoms with E-state index in [1.165, 1.54) is 13.0 Å². The fourth-order valence-electron chi connectivity index (χ4n) is 3.02. The Bertz CT molecular complexity index is 1090. The zero-order valence-corrected chi connectivity index (χ0v) is 17.5. The van der Waals surface area contributed by atoms with E-state index in [1.807, 2.05) is 60.7 Å². The van der Waals surface area contributed by atoms with Gasteiger partial charge in [-0.15, -0.1) is 0 Å². The molecule has 3 rings (SSSR count). The Morgan fingerprint density at radius 2 is 1.39 bits per heavy atom. The van der Waals surface area contributed by atoms with Crippen molar-refractivity contribution in [3.8, 4) is 0 Å². The van der Waals surface area contributed by atoms with E-state index in [1.54, 1.807) is 36.1 Å². The number of ketones is 1. The van der Waals surface area contributed by atoms with E-state index in [9.17, 15) is 14.4 Å². The predicted molar refractivity (Wildman–Crippen MR) is 123 cm³/mol. The van der Waals surface area contributed by atoms with Crippen molar-refractivity contribution < 1.29 is 14.4 Å². The Morgan fingerprint density at radius 1 is 0.806 bits per heavy atom. The van der Waals surface area contributed by atoms with Crippen molar-refractivity contribution in [2.45, 2.75) is 20.4 Å². The van der Waals surface area contributed by atoms with Gasteiger partial charge < -0.3 is 10.2 Å². The quantitative estimate of drug-likeness (QED) is 0.438. The Morgan fingerprint density at radius 3 is 1.97 bits per heavy atom. The Labute approximate surface area is 182 Å². The van der Waals surface area contributed by atoms with Crippen molar-refractivity contribution in [3.05, 3.63) is 108 Å². The second kappa shape index (κ2) is 10.2. The number of hydrogen-bond donors (Lipinski definition) is 1. The minimum absolute atomic E-state index is 0.0426. The normalized spacial score (nSPS) is 11.0. The fraction of sp³-hybridized carbons (Fsp3) is 0.115. The van der Waals surface area contributed by atoms with E-state index in [0.29, 0.717) is 17.8 Å². The molecule has 5 nitrogen and oxygen atoms in total. The molecular formula is C26H24N2O3. The third kappa shape index (κ3) is 6.00. The van der Waals surface area contributed by atoms with Crippen LogP contribution in [-0.4, -0.2) is 17.6 Å². The van der Waals surface area contributed by atoms with E-state index >= 15 is 0 Å². The molecule has 31 heavy (non-hydrogen) atoms. The van der Waals surface area contributed by atoms with Crippen molar-refractivity contribution in [1.29, 1.82) is 0 Å². The van der Waals surface area contributed by atoms with Crippen LogP contribution < -0.4 is 10.2 Å². The summed E-state index contributed by atoms with van der Waals surface area (Å²) in [7, 11) is 0. The van der Waals surface area contributed by atoms with Crippen LogP contribution >= 0.6 is 0 Å². The molecule has 3 aromatic rings. The van der Waals surface area contributed by atoms with Crippen LogP contribution in [0.5, 0.6) is 0 Å². The maximum atomic E-state index is 13.1. The molecule has 0 aliphatic rings. The summed E-state index contributed by atoms with van der Waals surface area (Å²) in [4.78, 5) is 38.6. The van der Waals surface area contributed by atoms with E-state index in [-0.39, 0.29) is 23.2 Å². The molecular weight excluding hydrogens is 388 g/mol.